The van der Waals surface area contributed by atoms with Crippen LogP contribution in [0, 0.1) is 6.92 Å². The van der Waals surface area contributed by atoms with Crippen molar-refractivity contribution in [3.05, 3.63) is 77.0 Å². The van der Waals surface area contributed by atoms with Crippen molar-refractivity contribution in [3.63, 3.8) is 0 Å². The molecule has 0 saturated carbocycles. The van der Waals surface area contributed by atoms with Gasteiger partial charge in [-0.25, -0.2) is 9.59 Å². The molecule has 2 aromatic carbocycles. The summed E-state index contributed by atoms with van der Waals surface area (Å²) < 4.78 is 5.48. The van der Waals surface area contributed by atoms with Crippen LogP contribution in [0.5, 0.6) is 0 Å². The minimum Gasteiger partial charge on any atom is -0.463 e. The lowest BCUT2D eigenvalue weighted by molar-refractivity contribution is -0.139. The number of hydrogen-bond donors (Lipinski definition) is 1. The van der Waals surface area contributed by atoms with E-state index < -0.39 is 6.04 Å². The Bertz CT molecular complexity index is 1070. The number of likely N-dealkylation sites (N-methyl/N-ethyl adjacent to an activating group) is 1. The van der Waals surface area contributed by atoms with Crippen molar-refractivity contribution in [1.29, 1.82) is 0 Å². The van der Waals surface area contributed by atoms with Crippen LogP contribution in [-0.4, -0.2) is 67.2 Å². The van der Waals surface area contributed by atoms with Gasteiger partial charge in [-0.05, 0) is 45.4 Å². The standard InChI is InChI=1S/C28H36N4O3/c1-5-31-24(19-30-16-17-32(21(4)18-30)23-14-12-20(3)13-15-23)25(27(33)35-6-2)26(29-28(31)34)22-10-8-7-9-11-22/h7-15,21,26H,5-6,16-19H2,1-4H3,(H,29,34)/t21-,26-/m1/s1. The molecule has 2 aliphatic rings. The highest BCUT2D eigenvalue weighted by atomic mass is 16.5. The Labute approximate surface area is 208 Å². The topological polar surface area (TPSA) is 65.1 Å². The molecular weight excluding hydrogens is 440 g/mol. The van der Waals surface area contributed by atoms with E-state index in [0.29, 0.717) is 24.7 Å². The van der Waals surface area contributed by atoms with E-state index >= 15 is 0 Å². The second kappa shape index (κ2) is 11.0. The maximum absolute atomic E-state index is 13.2. The summed E-state index contributed by atoms with van der Waals surface area (Å²) in [4.78, 5) is 32.8. The molecule has 4 rings (SSSR count). The maximum Gasteiger partial charge on any atom is 0.338 e. The van der Waals surface area contributed by atoms with Crippen LogP contribution in [0.2, 0.25) is 0 Å². The minimum atomic E-state index is -0.535. The number of carbonyl (C=O) groups is 2. The molecule has 0 unspecified atom stereocenters. The van der Waals surface area contributed by atoms with Gasteiger partial charge in [0.1, 0.15) is 0 Å². The van der Waals surface area contributed by atoms with Gasteiger partial charge in [-0.1, -0.05) is 48.0 Å². The summed E-state index contributed by atoms with van der Waals surface area (Å²) >= 11 is 0. The molecule has 0 bridgehead atoms. The third-order valence-electron chi connectivity index (χ3n) is 6.83. The quantitative estimate of drug-likeness (QED) is 0.610. The van der Waals surface area contributed by atoms with Crippen LogP contribution in [0.4, 0.5) is 10.5 Å². The van der Waals surface area contributed by atoms with Crippen molar-refractivity contribution in [2.45, 2.75) is 39.8 Å². The van der Waals surface area contributed by atoms with E-state index in [4.69, 9.17) is 4.74 Å². The molecule has 35 heavy (non-hydrogen) atoms. The fraction of sp³-hybridized carbons (Fsp3) is 0.429. The number of carbonyl (C=O) groups excluding carboxylic acids is 2. The molecule has 2 aliphatic heterocycles. The molecule has 0 aromatic heterocycles. The Balaban J connectivity index is 1.64. The van der Waals surface area contributed by atoms with Crippen molar-refractivity contribution in [2.75, 3.05) is 44.2 Å². The van der Waals surface area contributed by atoms with Gasteiger partial charge < -0.3 is 15.0 Å². The Morgan fingerprint density at radius 3 is 2.40 bits per heavy atom. The van der Waals surface area contributed by atoms with Crippen molar-refractivity contribution < 1.29 is 14.3 Å². The zero-order valence-electron chi connectivity index (χ0n) is 21.2. The van der Waals surface area contributed by atoms with Crippen LogP contribution < -0.4 is 10.2 Å². The van der Waals surface area contributed by atoms with Crippen molar-refractivity contribution in [1.82, 2.24) is 15.1 Å². The summed E-state index contributed by atoms with van der Waals surface area (Å²) in [6.45, 7) is 11.9. The van der Waals surface area contributed by atoms with Crippen LogP contribution in [0.15, 0.2) is 65.9 Å². The SMILES string of the molecule is CCOC(=O)C1=C(CN2CCN(c3ccc(C)cc3)[C@H](C)C2)N(CC)C(=O)N[C@@H]1c1ccccc1. The number of esters is 1. The Hall–Kier alpha value is -3.32. The maximum atomic E-state index is 13.2. The fourth-order valence-electron chi connectivity index (χ4n) is 5.06. The predicted octanol–water partition coefficient (Wildman–Crippen LogP) is 4.11. The van der Waals surface area contributed by atoms with E-state index in [1.807, 2.05) is 37.3 Å². The largest absolute Gasteiger partial charge is 0.463 e. The van der Waals surface area contributed by atoms with Gasteiger partial charge in [0.15, 0.2) is 0 Å². The van der Waals surface area contributed by atoms with Crippen LogP contribution in [0.3, 0.4) is 0 Å². The van der Waals surface area contributed by atoms with E-state index in [2.05, 4.69) is 53.2 Å². The molecule has 7 nitrogen and oxygen atoms in total. The van der Waals surface area contributed by atoms with Gasteiger partial charge in [0.05, 0.1) is 18.2 Å². The average molecular weight is 477 g/mol. The molecule has 0 radical (unpaired) electrons. The lowest BCUT2D eigenvalue weighted by Crippen LogP contribution is -2.55. The lowest BCUT2D eigenvalue weighted by atomic mass is 9.94. The number of aryl methyl sites for hydroxylation is 1. The first kappa shape index (κ1) is 24.8. The second-order valence-corrected chi connectivity index (χ2v) is 9.23. The normalized spacial score (nSPS) is 21.2. The van der Waals surface area contributed by atoms with E-state index in [-0.39, 0.29) is 18.6 Å². The summed E-state index contributed by atoms with van der Waals surface area (Å²) in [6.07, 6.45) is 0. The first-order valence-corrected chi connectivity index (χ1v) is 12.5. The molecule has 2 amide bonds. The number of piperazine rings is 1. The lowest BCUT2D eigenvalue weighted by Gasteiger charge is -2.43. The van der Waals surface area contributed by atoms with Gasteiger partial charge in [-0.3, -0.25) is 9.80 Å². The van der Waals surface area contributed by atoms with E-state index in [9.17, 15) is 9.59 Å². The van der Waals surface area contributed by atoms with Gasteiger partial charge in [0.2, 0.25) is 0 Å². The van der Waals surface area contributed by atoms with Crippen molar-refractivity contribution in [2.24, 2.45) is 0 Å². The summed E-state index contributed by atoms with van der Waals surface area (Å²) in [7, 11) is 0. The van der Waals surface area contributed by atoms with Gasteiger partial charge >= 0.3 is 12.0 Å². The summed E-state index contributed by atoms with van der Waals surface area (Å²) in [5.41, 5.74) is 4.61. The molecule has 1 N–H and O–H groups in total. The van der Waals surface area contributed by atoms with E-state index in [1.54, 1.807) is 11.8 Å². The van der Waals surface area contributed by atoms with Crippen molar-refractivity contribution in [3.8, 4) is 0 Å². The Kier molecular flexibility index (Phi) is 7.76. The third kappa shape index (κ3) is 5.35. The molecule has 0 spiro atoms. The number of urea groups is 1. The second-order valence-electron chi connectivity index (χ2n) is 9.23. The first-order valence-electron chi connectivity index (χ1n) is 12.5. The smallest absolute Gasteiger partial charge is 0.338 e. The van der Waals surface area contributed by atoms with Gasteiger partial charge in [-0.15, -0.1) is 0 Å². The predicted molar refractivity (Wildman–Crippen MR) is 138 cm³/mol. The van der Waals surface area contributed by atoms with Gasteiger partial charge in [-0.2, -0.15) is 0 Å². The number of ether oxygens (including phenoxy) is 1. The first-order chi connectivity index (χ1) is 16.9. The monoisotopic (exact) mass is 476 g/mol. The fourth-order valence-corrected chi connectivity index (χ4v) is 5.06. The number of benzene rings is 2. The zero-order chi connectivity index (χ0) is 24.9. The number of rotatable bonds is 7. The highest BCUT2D eigenvalue weighted by molar-refractivity contribution is 5.95. The van der Waals surface area contributed by atoms with Gasteiger partial charge in [0, 0.05) is 50.2 Å². The summed E-state index contributed by atoms with van der Waals surface area (Å²) in [6, 6.07) is 17.9. The molecule has 2 heterocycles. The molecule has 2 atom stereocenters. The van der Waals surface area contributed by atoms with E-state index in [1.165, 1.54) is 11.3 Å². The number of nitrogens with one attached hydrogen (secondary N) is 1. The van der Waals surface area contributed by atoms with Crippen LogP contribution >= 0.6 is 0 Å². The van der Waals surface area contributed by atoms with E-state index in [0.717, 1.165) is 30.9 Å². The number of nitrogens with zero attached hydrogens (tertiary/aromatic N) is 3. The zero-order valence-corrected chi connectivity index (χ0v) is 21.2. The summed E-state index contributed by atoms with van der Waals surface area (Å²) in [5.74, 6) is -0.374. The number of anilines is 1. The van der Waals surface area contributed by atoms with Crippen LogP contribution in [-0.2, 0) is 9.53 Å². The molecule has 1 fully saturated rings. The molecule has 0 aliphatic carbocycles. The highest BCUT2D eigenvalue weighted by Crippen LogP contribution is 2.32. The van der Waals surface area contributed by atoms with Crippen molar-refractivity contribution >= 4 is 17.7 Å². The van der Waals surface area contributed by atoms with Gasteiger partial charge in [0.25, 0.3) is 0 Å². The molecule has 2 aromatic rings. The molecule has 7 heteroatoms. The number of amides is 2. The molecule has 186 valence electrons. The molecule has 1 saturated heterocycles. The highest BCUT2D eigenvalue weighted by Gasteiger charge is 2.38. The Morgan fingerprint density at radius 2 is 1.77 bits per heavy atom. The molecular formula is C28H36N4O3. The minimum absolute atomic E-state index is 0.184. The Morgan fingerprint density at radius 1 is 1.06 bits per heavy atom. The number of hydrogen-bond acceptors (Lipinski definition) is 5. The average Bonchev–Trinajstić information content (AvgIpc) is 2.85. The van der Waals surface area contributed by atoms with Crippen LogP contribution in [0.1, 0.15) is 37.9 Å². The summed E-state index contributed by atoms with van der Waals surface area (Å²) in [5, 5.41) is 3.03. The van der Waals surface area contributed by atoms with Crippen LogP contribution in [0.25, 0.3) is 0 Å². The third-order valence-corrected chi connectivity index (χ3v) is 6.83.